The molecule has 6 heteroatoms. The molecule has 2 aromatic carbocycles. The number of benzene rings is 2. The number of ether oxygens (including phenoxy) is 1. The van der Waals surface area contributed by atoms with Gasteiger partial charge in [0.2, 0.25) is 0 Å². The smallest absolute Gasteiger partial charge is 0.195 e. The maximum Gasteiger partial charge on any atom is 0.195 e. The summed E-state index contributed by atoms with van der Waals surface area (Å²) in [5.41, 5.74) is 1.26. The van der Waals surface area contributed by atoms with Gasteiger partial charge in [-0.05, 0) is 48.5 Å². The van der Waals surface area contributed by atoms with Gasteiger partial charge in [-0.15, -0.1) is 0 Å². The predicted molar refractivity (Wildman–Crippen MR) is 93.3 cm³/mol. The highest BCUT2D eigenvalue weighted by atomic mass is 35.5. The van der Waals surface area contributed by atoms with Crippen molar-refractivity contribution in [3.63, 3.8) is 0 Å². The Morgan fingerprint density at radius 2 is 1.83 bits per heavy atom. The fourth-order valence-corrected chi connectivity index (χ4v) is 2.62. The molecule has 1 heterocycles. The summed E-state index contributed by atoms with van der Waals surface area (Å²) in [4.78, 5) is 0. The number of hydrogen-bond acceptors (Lipinski definition) is 3. The number of halogens is 1. The summed E-state index contributed by atoms with van der Waals surface area (Å²) in [5.74, 6) is 1.53. The predicted octanol–water partition coefficient (Wildman–Crippen LogP) is 4.42. The second kappa shape index (κ2) is 7.44. The Kier molecular flexibility index (Phi) is 5.10. The third kappa shape index (κ3) is 4.21. The van der Waals surface area contributed by atoms with Gasteiger partial charge in [0.05, 0.1) is 0 Å². The monoisotopic (exact) mass is 345 g/mol. The molecule has 0 saturated heterocycles. The fourth-order valence-electron chi connectivity index (χ4n) is 2.26. The molecule has 0 saturated carbocycles. The van der Waals surface area contributed by atoms with Gasteiger partial charge in [-0.1, -0.05) is 41.9 Å². The molecular formula is C17H16ClN3OS. The van der Waals surface area contributed by atoms with Gasteiger partial charge in [-0.3, -0.25) is 5.10 Å². The number of aromatic nitrogens is 3. The molecular weight excluding hydrogens is 330 g/mol. The first kappa shape index (κ1) is 15.8. The first-order chi connectivity index (χ1) is 11.2. The Morgan fingerprint density at radius 1 is 1.09 bits per heavy atom. The lowest BCUT2D eigenvalue weighted by molar-refractivity contribution is 0.288. The molecule has 0 bridgehead atoms. The molecule has 0 spiro atoms. The molecule has 0 aliphatic carbocycles. The number of nitrogens with zero attached hydrogens (tertiary/aromatic N) is 2. The second-order valence-electron chi connectivity index (χ2n) is 5.07. The largest absolute Gasteiger partial charge is 0.486 e. The van der Waals surface area contributed by atoms with Crippen LogP contribution in [0.3, 0.4) is 0 Å². The van der Waals surface area contributed by atoms with Crippen LogP contribution >= 0.6 is 23.8 Å². The average molecular weight is 346 g/mol. The van der Waals surface area contributed by atoms with Gasteiger partial charge in [-0.2, -0.15) is 5.10 Å². The van der Waals surface area contributed by atoms with Crippen molar-refractivity contribution in [3.05, 3.63) is 75.8 Å². The van der Waals surface area contributed by atoms with Crippen molar-refractivity contribution in [2.75, 3.05) is 0 Å². The third-order valence-corrected chi connectivity index (χ3v) is 4.05. The maximum atomic E-state index is 5.87. The number of hydrogen-bond donors (Lipinski definition) is 1. The Hall–Kier alpha value is -2.11. The lowest BCUT2D eigenvalue weighted by atomic mass is 10.1. The zero-order chi connectivity index (χ0) is 16.1. The zero-order valence-corrected chi connectivity index (χ0v) is 14.0. The summed E-state index contributed by atoms with van der Waals surface area (Å²) in [6, 6.07) is 17.5. The van der Waals surface area contributed by atoms with Gasteiger partial charge in [0.1, 0.15) is 12.4 Å². The number of nitrogens with one attached hydrogen (secondary N) is 1. The Bertz CT molecular complexity index is 812. The van der Waals surface area contributed by atoms with E-state index in [-0.39, 0.29) is 0 Å². The zero-order valence-electron chi connectivity index (χ0n) is 12.4. The number of aryl methyl sites for hydroxylation is 1. The van der Waals surface area contributed by atoms with Crippen LogP contribution < -0.4 is 4.74 Å². The Labute approximate surface area is 144 Å². The first-order valence-corrected chi connectivity index (χ1v) is 8.07. The van der Waals surface area contributed by atoms with E-state index in [1.165, 1.54) is 5.56 Å². The van der Waals surface area contributed by atoms with E-state index in [4.69, 9.17) is 28.6 Å². The van der Waals surface area contributed by atoms with Gasteiger partial charge in [0.25, 0.3) is 0 Å². The van der Waals surface area contributed by atoms with Crippen molar-refractivity contribution in [1.29, 1.82) is 0 Å². The molecule has 1 N–H and O–H groups in total. The third-order valence-electron chi connectivity index (χ3n) is 3.49. The van der Waals surface area contributed by atoms with E-state index >= 15 is 0 Å². The minimum Gasteiger partial charge on any atom is -0.486 e. The van der Waals surface area contributed by atoms with E-state index in [9.17, 15) is 0 Å². The highest BCUT2D eigenvalue weighted by Crippen LogP contribution is 2.16. The summed E-state index contributed by atoms with van der Waals surface area (Å²) < 4.78 is 8.32. The van der Waals surface area contributed by atoms with E-state index in [1.54, 1.807) is 12.1 Å². The molecule has 1 aromatic heterocycles. The van der Waals surface area contributed by atoms with Crippen LogP contribution in [0.4, 0.5) is 0 Å². The second-order valence-corrected chi connectivity index (χ2v) is 5.90. The van der Waals surface area contributed by atoms with Crippen LogP contribution in [0.2, 0.25) is 5.02 Å². The topological polar surface area (TPSA) is 42.8 Å². The molecule has 23 heavy (non-hydrogen) atoms. The highest BCUT2D eigenvalue weighted by Gasteiger charge is 2.07. The lowest BCUT2D eigenvalue weighted by Gasteiger charge is -2.09. The SMILES string of the molecule is S=c1[nH]nc(COc2ccc(Cl)cc2)n1CCc1ccccc1. The van der Waals surface area contributed by atoms with Crippen LogP contribution in [-0.4, -0.2) is 14.8 Å². The van der Waals surface area contributed by atoms with E-state index < -0.39 is 0 Å². The molecule has 0 fully saturated rings. The Balaban J connectivity index is 1.66. The molecule has 0 amide bonds. The van der Waals surface area contributed by atoms with Gasteiger partial charge < -0.3 is 9.30 Å². The summed E-state index contributed by atoms with van der Waals surface area (Å²) in [5, 5.41) is 7.77. The molecule has 3 aromatic rings. The van der Waals surface area contributed by atoms with Crippen LogP contribution in [-0.2, 0) is 19.6 Å². The van der Waals surface area contributed by atoms with Crippen LogP contribution in [0.25, 0.3) is 0 Å². The lowest BCUT2D eigenvalue weighted by Crippen LogP contribution is -2.09. The van der Waals surface area contributed by atoms with Crippen molar-refractivity contribution >= 4 is 23.8 Å². The van der Waals surface area contributed by atoms with E-state index in [0.717, 1.165) is 24.5 Å². The molecule has 4 nitrogen and oxygen atoms in total. The maximum absolute atomic E-state index is 5.87. The van der Waals surface area contributed by atoms with E-state index in [1.807, 2.05) is 34.9 Å². The van der Waals surface area contributed by atoms with Crippen LogP contribution in [0, 0.1) is 4.77 Å². The standard InChI is InChI=1S/C17H16ClN3OS/c18-14-6-8-15(9-7-14)22-12-16-19-20-17(23)21(16)11-10-13-4-2-1-3-5-13/h1-9H,10-12H2,(H,20,23). The van der Waals surface area contributed by atoms with E-state index in [0.29, 0.717) is 16.4 Å². The molecule has 3 rings (SSSR count). The summed E-state index contributed by atoms with van der Waals surface area (Å²) >= 11 is 11.2. The quantitative estimate of drug-likeness (QED) is 0.673. The number of H-pyrrole nitrogens is 1. The summed E-state index contributed by atoms with van der Waals surface area (Å²) in [6.45, 7) is 1.11. The van der Waals surface area contributed by atoms with Crippen LogP contribution in [0.5, 0.6) is 5.75 Å². The van der Waals surface area contributed by atoms with E-state index in [2.05, 4.69) is 22.3 Å². The van der Waals surface area contributed by atoms with Crippen molar-refractivity contribution in [3.8, 4) is 5.75 Å². The normalized spacial score (nSPS) is 10.7. The number of aromatic amines is 1. The number of rotatable bonds is 6. The Morgan fingerprint density at radius 3 is 2.57 bits per heavy atom. The van der Waals surface area contributed by atoms with Crippen LogP contribution in [0.1, 0.15) is 11.4 Å². The fraction of sp³-hybridized carbons (Fsp3) is 0.176. The highest BCUT2D eigenvalue weighted by molar-refractivity contribution is 7.71. The molecule has 0 aliphatic heterocycles. The van der Waals surface area contributed by atoms with Crippen molar-refractivity contribution in [1.82, 2.24) is 14.8 Å². The van der Waals surface area contributed by atoms with Crippen molar-refractivity contribution in [2.24, 2.45) is 0 Å². The van der Waals surface area contributed by atoms with Gasteiger partial charge >= 0.3 is 0 Å². The van der Waals surface area contributed by atoms with Crippen molar-refractivity contribution < 1.29 is 4.74 Å². The molecule has 0 aliphatic rings. The molecule has 0 radical (unpaired) electrons. The molecule has 0 atom stereocenters. The minimum absolute atomic E-state index is 0.351. The summed E-state index contributed by atoms with van der Waals surface area (Å²) in [7, 11) is 0. The van der Waals surface area contributed by atoms with Crippen molar-refractivity contribution in [2.45, 2.75) is 19.6 Å². The molecule has 0 unspecified atom stereocenters. The van der Waals surface area contributed by atoms with Gasteiger partial charge in [0.15, 0.2) is 10.6 Å². The minimum atomic E-state index is 0.351. The first-order valence-electron chi connectivity index (χ1n) is 7.29. The van der Waals surface area contributed by atoms with Gasteiger partial charge in [0, 0.05) is 11.6 Å². The average Bonchev–Trinajstić information content (AvgIpc) is 2.93. The van der Waals surface area contributed by atoms with Gasteiger partial charge in [-0.25, -0.2) is 0 Å². The molecule has 118 valence electrons. The van der Waals surface area contributed by atoms with Crippen LogP contribution in [0.15, 0.2) is 54.6 Å². The summed E-state index contributed by atoms with van der Waals surface area (Å²) in [6.07, 6.45) is 0.891.